The maximum Gasteiger partial charge on any atom is 0.258 e. The number of hydrogen-bond acceptors (Lipinski definition) is 3. The minimum absolute atomic E-state index is 0.0151. The van der Waals surface area contributed by atoms with Gasteiger partial charge in [0.2, 0.25) is 0 Å². The van der Waals surface area contributed by atoms with Crippen molar-refractivity contribution in [3.05, 3.63) is 65.0 Å². The Balaban J connectivity index is 1.50. The molecule has 6 nitrogen and oxygen atoms in total. The normalized spacial score (nSPS) is 14.7. The number of carbonyl (C=O) groups excluding carboxylic acids is 1. The van der Waals surface area contributed by atoms with Crippen LogP contribution in [-0.4, -0.2) is 31.6 Å². The van der Waals surface area contributed by atoms with Gasteiger partial charge in [0, 0.05) is 19.6 Å². The molecule has 2 aromatic carbocycles. The molecule has 2 aromatic rings. The molecule has 160 valence electrons. The average molecular weight is 413 g/mol. The Morgan fingerprint density at radius 3 is 2.77 bits per heavy atom. The molecule has 0 spiro atoms. The lowest BCUT2D eigenvalue weighted by Crippen LogP contribution is -2.38. The van der Waals surface area contributed by atoms with Gasteiger partial charge in [0.05, 0.1) is 6.04 Å². The third-order valence-electron chi connectivity index (χ3n) is 4.94. The lowest BCUT2D eigenvalue weighted by Gasteiger charge is -2.19. The maximum atomic E-state index is 13.8. The Morgan fingerprint density at radius 2 is 2.07 bits per heavy atom. The molecule has 1 atom stereocenters. The van der Waals surface area contributed by atoms with Crippen molar-refractivity contribution in [3.63, 3.8) is 0 Å². The first-order valence-corrected chi connectivity index (χ1v) is 10.2. The van der Waals surface area contributed by atoms with Crippen LogP contribution in [-0.2, 0) is 11.3 Å². The van der Waals surface area contributed by atoms with Gasteiger partial charge in [0.1, 0.15) is 11.6 Å². The van der Waals surface area contributed by atoms with Crippen molar-refractivity contribution in [2.24, 2.45) is 4.99 Å². The summed E-state index contributed by atoms with van der Waals surface area (Å²) >= 11 is 0. The predicted octanol–water partition coefficient (Wildman–Crippen LogP) is 3.22. The monoisotopic (exact) mass is 412 g/mol. The first-order valence-electron chi connectivity index (χ1n) is 10.2. The summed E-state index contributed by atoms with van der Waals surface area (Å²) in [6.07, 6.45) is 2.11. The van der Waals surface area contributed by atoms with Gasteiger partial charge in [-0.2, -0.15) is 0 Å². The molecule has 1 unspecified atom stereocenters. The number of guanidine groups is 1. The van der Waals surface area contributed by atoms with E-state index in [2.05, 4.69) is 20.9 Å². The molecule has 0 aromatic heterocycles. The van der Waals surface area contributed by atoms with Gasteiger partial charge in [-0.15, -0.1) is 0 Å². The van der Waals surface area contributed by atoms with E-state index in [1.54, 1.807) is 26.1 Å². The highest BCUT2D eigenvalue weighted by atomic mass is 19.1. The number of aliphatic imine (C=N–C) groups is 1. The van der Waals surface area contributed by atoms with Crippen LogP contribution in [0.2, 0.25) is 0 Å². The Morgan fingerprint density at radius 1 is 1.27 bits per heavy atom. The molecule has 3 rings (SSSR count). The molecule has 0 bridgehead atoms. The summed E-state index contributed by atoms with van der Waals surface area (Å²) in [5, 5.41) is 9.42. The molecule has 0 saturated heterocycles. The van der Waals surface area contributed by atoms with Crippen molar-refractivity contribution in [1.29, 1.82) is 0 Å². The third kappa shape index (κ3) is 6.47. The van der Waals surface area contributed by atoms with Crippen LogP contribution in [0.3, 0.4) is 0 Å². The predicted molar refractivity (Wildman–Crippen MR) is 116 cm³/mol. The van der Waals surface area contributed by atoms with E-state index < -0.39 is 0 Å². The van der Waals surface area contributed by atoms with Gasteiger partial charge in [-0.05, 0) is 61.6 Å². The molecule has 1 amide bonds. The molecule has 0 aliphatic heterocycles. The molecule has 1 saturated carbocycles. The van der Waals surface area contributed by atoms with Crippen LogP contribution >= 0.6 is 0 Å². The van der Waals surface area contributed by atoms with Gasteiger partial charge in [-0.3, -0.25) is 9.79 Å². The number of nitrogens with one attached hydrogen (secondary N) is 3. The van der Waals surface area contributed by atoms with E-state index in [0.717, 1.165) is 24.0 Å². The van der Waals surface area contributed by atoms with Crippen LogP contribution in [0.25, 0.3) is 0 Å². The molecule has 3 N–H and O–H groups in total. The van der Waals surface area contributed by atoms with Crippen molar-refractivity contribution in [1.82, 2.24) is 16.0 Å². The lowest BCUT2D eigenvalue weighted by molar-refractivity contribution is -0.123. The topological polar surface area (TPSA) is 74.8 Å². The summed E-state index contributed by atoms with van der Waals surface area (Å²) in [6, 6.07) is 13.0. The van der Waals surface area contributed by atoms with Crippen LogP contribution in [0.15, 0.2) is 47.5 Å². The maximum absolute atomic E-state index is 13.8. The Kier molecular flexibility index (Phi) is 7.27. The fourth-order valence-electron chi connectivity index (χ4n) is 2.94. The fraction of sp³-hybridized carbons (Fsp3) is 0.391. The smallest absolute Gasteiger partial charge is 0.258 e. The minimum Gasteiger partial charge on any atom is -0.484 e. The fourth-order valence-corrected chi connectivity index (χ4v) is 2.94. The number of aryl methyl sites for hydroxylation is 1. The second-order valence-electron chi connectivity index (χ2n) is 7.58. The molecular formula is C23H29FN4O2. The summed E-state index contributed by atoms with van der Waals surface area (Å²) < 4.78 is 19.4. The van der Waals surface area contributed by atoms with Crippen LogP contribution in [0.1, 0.15) is 42.5 Å². The molecule has 1 aliphatic rings. The number of halogens is 1. The first kappa shape index (κ1) is 21.6. The zero-order valence-electron chi connectivity index (χ0n) is 17.7. The van der Waals surface area contributed by atoms with Crippen LogP contribution < -0.4 is 20.7 Å². The highest BCUT2D eigenvalue weighted by Gasteiger charge is 2.23. The summed E-state index contributed by atoms with van der Waals surface area (Å²) in [5.74, 6) is 0.948. The largest absolute Gasteiger partial charge is 0.484 e. The molecule has 1 fully saturated rings. The Labute approximate surface area is 176 Å². The summed E-state index contributed by atoms with van der Waals surface area (Å²) in [5.41, 5.74) is 2.47. The number of hydrogen-bond donors (Lipinski definition) is 3. The second-order valence-corrected chi connectivity index (χ2v) is 7.58. The lowest BCUT2D eigenvalue weighted by atomic mass is 10.1. The molecule has 1 aliphatic carbocycles. The van der Waals surface area contributed by atoms with E-state index in [0.29, 0.717) is 29.9 Å². The zero-order chi connectivity index (χ0) is 21.5. The van der Waals surface area contributed by atoms with Gasteiger partial charge >= 0.3 is 0 Å². The molecule has 0 heterocycles. The third-order valence-corrected chi connectivity index (χ3v) is 4.94. The van der Waals surface area contributed by atoms with E-state index in [-0.39, 0.29) is 24.4 Å². The number of nitrogens with zero attached hydrogens (tertiary/aromatic N) is 1. The van der Waals surface area contributed by atoms with Gasteiger partial charge in [-0.1, -0.05) is 24.3 Å². The molecular weight excluding hydrogens is 383 g/mol. The number of amides is 1. The first-order chi connectivity index (χ1) is 14.4. The highest BCUT2D eigenvalue weighted by Crippen LogP contribution is 2.19. The highest BCUT2D eigenvalue weighted by molar-refractivity contribution is 5.80. The zero-order valence-corrected chi connectivity index (χ0v) is 17.7. The standard InChI is InChI=1S/C23H29FN4O2/c1-15-7-8-18(12-21(15)24)16(2)27-23(25-3)26-13-17-5-4-6-20(11-17)30-14-22(29)28-19-9-10-19/h4-8,11-12,16,19H,9-10,13-14H2,1-3H3,(H,28,29)(H2,25,26,27). The van der Waals surface area contributed by atoms with Crippen molar-refractivity contribution >= 4 is 11.9 Å². The second kappa shape index (κ2) is 10.1. The number of benzene rings is 2. The Hall–Kier alpha value is -3.09. The number of rotatable bonds is 8. The Bertz CT molecular complexity index is 912. The van der Waals surface area contributed by atoms with Crippen molar-refractivity contribution in [2.45, 2.75) is 45.3 Å². The van der Waals surface area contributed by atoms with E-state index in [4.69, 9.17) is 4.74 Å². The average Bonchev–Trinajstić information content (AvgIpc) is 3.55. The van der Waals surface area contributed by atoms with E-state index in [9.17, 15) is 9.18 Å². The van der Waals surface area contributed by atoms with E-state index in [1.165, 1.54) is 0 Å². The number of ether oxygens (including phenoxy) is 1. The van der Waals surface area contributed by atoms with E-state index in [1.807, 2.05) is 37.3 Å². The van der Waals surface area contributed by atoms with Crippen molar-refractivity contribution in [3.8, 4) is 5.75 Å². The molecule has 0 radical (unpaired) electrons. The van der Waals surface area contributed by atoms with Gasteiger partial charge in [0.15, 0.2) is 12.6 Å². The van der Waals surface area contributed by atoms with Crippen LogP contribution in [0.4, 0.5) is 4.39 Å². The van der Waals surface area contributed by atoms with E-state index >= 15 is 0 Å². The van der Waals surface area contributed by atoms with Crippen molar-refractivity contribution < 1.29 is 13.9 Å². The summed E-state index contributed by atoms with van der Waals surface area (Å²) in [4.78, 5) is 16.0. The quantitative estimate of drug-likeness (QED) is 0.460. The molecule has 7 heteroatoms. The van der Waals surface area contributed by atoms with Crippen LogP contribution in [0.5, 0.6) is 5.75 Å². The minimum atomic E-state index is -0.216. The van der Waals surface area contributed by atoms with Gasteiger partial charge in [0.25, 0.3) is 5.91 Å². The summed E-state index contributed by atoms with van der Waals surface area (Å²) in [7, 11) is 1.69. The van der Waals surface area contributed by atoms with Gasteiger partial charge in [-0.25, -0.2) is 4.39 Å². The van der Waals surface area contributed by atoms with Crippen molar-refractivity contribution in [2.75, 3.05) is 13.7 Å². The number of carbonyl (C=O) groups is 1. The van der Waals surface area contributed by atoms with Crippen LogP contribution in [0, 0.1) is 12.7 Å². The summed E-state index contributed by atoms with van der Waals surface area (Å²) in [6.45, 7) is 4.24. The van der Waals surface area contributed by atoms with Gasteiger partial charge < -0.3 is 20.7 Å². The molecule has 30 heavy (non-hydrogen) atoms. The SMILES string of the molecule is CN=C(NCc1cccc(OCC(=O)NC2CC2)c1)NC(C)c1ccc(C)c(F)c1.